The third-order valence-electron chi connectivity index (χ3n) is 4.52. The Bertz CT molecular complexity index is 447. The number of benzene rings is 1. The molecule has 3 nitrogen and oxygen atoms in total. The van der Waals surface area contributed by atoms with E-state index in [1.54, 1.807) is 0 Å². The molecule has 1 N–H and O–H groups in total. The smallest absolute Gasteiger partial charge is 0.142 e. The lowest BCUT2D eigenvalue weighted by molar-refractivity contribution is 0.260. The third kappa shape index (κ3) is 4.29. The Balaban J connectivity index is 2.10. The highest BCUT2D eigenvalue weighted by molar-refractivity contribution is 5.60. The average Bonchev–Trinajstić information content (AvgIpc) is 2.46. The normalized spacial score (nSPS) is 25.4. The minimum atomic E-state index is 0.535. The van der Waals surface area contributed by atoms with E-state index in [4.69, 9.17) is 9.47 Å². The zero-order chi connectivity index (χ0) is 15.2. The van der Waals surface area contributed by atoms with Gasteiger partial charge in [0.2, 0.25) is 0 Å². The lowest BCUT2D eigenvalue weighted by atomic mass is 9.79. The van der Waals surface area contributed by atoms with E-state index >= 15 is 0 Å². The predicted molar refractivity (Wildman–Crippen MR) is 88.4 cm³/mol. The molecule has 3 unspecified atom stereocenters. The number of hydrogen-bond donors (Lipinski definition) is 1. The zero-order valence-electron chi connectivity index (χ0n) is 13.8. The van der Waals surface area contributed by atoms with Gasteiger partial charge in [-0.25, -0.2) is 0 Å². The lowest BCUT2D eigenvalue weighted by Crippen LogP contribution is -2.30. The molecule has 3 atom stereocenters. The first-order valence-corrected chi connectivity index (χ1v) is 8.30. The van der Waals surface area contributed by atoms with Crippen LogP contribution in [0.4, 0.5) is 5.69 Å². The van der Waals surface area contributed by atoms with Gasteiger partial charge in [0.1, 0.15) is 11.5 Å². The highest BCUT2D eigenvalue weighted by Gasteiger charge is 2.25. The highest BCUT2D eigenvalue weighted by Crippen LogP contribution is 2.35. The van der Waals surface area contributed by atoms with Crippen molar-refractivity contribution >= 4 is 5.69 Å². The van der Waals surface area contributed by atoms with E-state index in [0.717, 1.165) is 29.0 Å². The van der Waals surface area contributed by atoms with Crippen LogP contribution in [0.25, 0.3) is 0 Å². The zero-order valence-corrected chi connectivity index (χ0v) is 13.8. The van der Waals surface area contributed by atoms with E-state index in [1.165, 1.54) is 19.3 Å². The van der Waals surface area contributed by atoms with Gasteiger partial charge in [0.05, 0.1) is 18.9 Å². The summed E-state index contributed by atoms with van der Waals surface area (Å²) >= 11 is 0. The molecular formula is C18H29NO2. The monoisotopic (exact) mass is 291 g/mol. The summed E-state index contributed by atoms with van der Waals surface area (Å²) in [6.07, 6.45) is 3.76. The summed E-state index contributed by atoms with van der Waals surface area (Å²) in [7, 11) is 0. The molecule has 1 aromatic rings. The molecular weight excluding hydrogens is 262 g/mol. The number of hydrogen-bond acceptors (Lipinski definition) is 3. The second-order valence-corrected chi connectivity index (χ2v) is 6.13. The maximum absolute atomic E-state index is 5.74. The second-order valence-electron chi connectivity index (χ2n) is 6.13. The Morgan fingerprint density at radius 3 is 2.48 bits per heavy atom. The standard InChI is InChI=1S/C18H29NO2/c1-5-20-16-9-10-18(21-6-2)17(12-16)19-15-8-7-13(3)14(4)11-15/h9-10,12-15,19H,5-8,11H2,1-4H3. The summed E-state index contributed by atoms with van der Waals surface area (Å²) in [6.45, 7) is 10.1. The minimum absolute atomic E-state index is 0.535. The van der Waals surface area contributed by atoms with Crippen LogP contribution < -0.4 is 14.8 Å². The largest absolute Gasteiger partial charge is 0.494 e. The van der Waals surface area contributed by atoms with Gasteiger partial charge in [-0.1, -0.05) is 13.8 Å². The van der Waals surface area contributed by atoms with Crippen LogP contribution in [-0.4, -0.2) is 19.3 Å². The highest BCUT2D eigenvalue weighted by atomic mass is 16.5. The summed E-state index contributed by atoms with van der Waals surface area (Å²) < 4.78 is 11.4. The molecule has 1 fully saturated rings. The van der Waals surface area contributed by atoms with Gasteiger partial charge in [-0.05, 0) is 57.1 Å². The van der Waals surface area contributed by atoms with E-state index in [2.05, 4.69) is 25.2 Å². The first kappa shape index (κ1) is 16.0. The molecule has 0 aromatic heterocycles. The van der Waals surface area contributed by atoms with Crippen molar-refractivity contribution in [2.75, 3.05) is 18.5 Å². The van der Waals surface area contributed by atoms with Crippen LogP contribution >= 0.6 is 0 Å². The molecule has 1 aliphatic rings. The van der Waals surface area contributed by atoms with Crippen LogP contribution in [0.2, 0.25) is 0 Å². The predicted octanol–water partition coefficient (Wildman–Crippen LogP) is 4.72. The number of anilines is 1. The number of nitrogens with one attached hydrogen (secondary N) is 1. The lowest BCUT2D eigenvalue weighted by Gasteiger charge is -2.33. The summed E-state index contributed by atoms with van der Waals surface area (Å²) in [6, 6.07) is 6.58. The van der Waals surface area contributed by atoms with E-state index in [1.807, 2.05) is 26.0 Å². The van der Waals surface area contributed by atoms with Crippen molar-refractivity contribution < 1.29 is 9.47 Å². The van der Waals surface area contributed by atoms with Gasteiger partial charge in [0.25, 0.3) is 0 Å². The Labute approximate surface area is 129 Å². The van der Waals surface area contributed by atoms with Crippen LogP contribution in [0.1, 0.15) is 47.0 Å². The van der Waals surface area contributed by atoms with Crippen molar-refractivity contribution in [2.45, 2.75) is 53.0 Å². The van der Waals surface area contributed by atoms with E-state index < -0.39 is 0 Å². The van der Waals surface area contributed by atoms with Crippen molar-refractivity contribution in [3.63, 3.8) is 0 Å². The Morgan fingerprint density at radius 1 is 1.05 bits per heavy atom. The van der Waals surface area contributed by atoms with Crippen LogP contribution in [0.15, 0.2) is 18.2 Å². The second kappa shape index (κ2) is 7.58. The van der Waals surface area contributed by atoms with E-state index in [9.17, 15) is 0 Å². The number of rotatable bonds is 6. The van der Waals surface area contributed by atoms with Gasteiger partial charge in [-0.3, -0.25) is 0 Å². The average molecular weight is 291 g/mol. The quantitative estimate of drug-likeness (QED) is 0.822. The molecule has 21 heavy (non-hydrogen) atoms. The van der Waals surface area contributed by atoms with Crippen molar-refractivity contribution in [1.29, 1.82) is 0 Å². The molecule has 1 aliphatic carbocycles. The maximum Gasteiger partial charge on any atom is 0.142 e. The first-order chi connectivity index (χ1) is 10.1. The van der Waals surface area contributed by atoms with E-state index in [-0.39, 0.29) is 0 Å². The molecule has 3 heteroatoms. The third-order valence-corrected chi connectivity index (χ3v) is 4.52. The molecule has 0 saturated heterocycles. The number of ether oxygens (including phenoxy) is 2. The van der Waals surface area contributed by atoms with Gasteiger partial charge < -0.3 is 14.8 Å². The molecule has 1 saturated carbocycles. The SMILES string of the molecule is CCOc1ccc(OCC)c(NC2CCC(C)C(C)C2)c1. The minimum Gasteiger partial charge on any atom is -0.494 e. The molecule has 1 aromatic carbocycles. The molecule has 118 valence electrons. The van der Waals surface area contributed by atoms with Crippen LogP contribution in [-0.2, 0) is 0 Å². The maximum atomic E-state index is 5.74. The van der Waals surface area contributed by atoms with Gasteiger partial charge in [-0.2, -0.15) is 0 Å². The fraction of sp³-hybridized carbons (Fsp3) is 0.667. The topological polar surface area (TPSA) is 30.5 Å². The van der Waals surface area contributed by atoms with Crippen LogP contribution in [0.5, 0.6) is 11.5 Å². The molecule has 0 aliphatic heterocycles. The van der Waals surface area contributed by atoms with Gasteiger partial charge in [0, 0.05) is 12.1 Å². The van der Waals surface area contributed by atoms with Crippen molar-refractivity contribution in [3.05, 3.63) is 18.2 Å². The van der Waals surface area contributed by atoms with E-state index in [0.29, 0.717) is 19.3 Å². The Kier molecular flexibility index (Phi) is 5.77. The summed E-state index contributed by atoms with van der Waals surface area (Å²) in [5.74, 6) is 3.44. The van der Waals surface area contributed by atoms with Crippen molar-refractivity contribution in [2.24, 2.45) is 11.8 Å². The van der Waals surface area contributed by atoms with Crippen molar-refractivity contribution in [3.8, 4) is 11.5 Å². The molecule has 0 radical (unpaired) electrons. The first-order valence-electron chi connectivity index (χ1n) is 8.30. The molecule has 0 spiro atoms. The molecule has 0 amide bonds. The van der Waals surface area contributed by atoms with Crippen LogP contribution in [0.3, 0.4) is 0 Å². The summed E-state index contributed by atoms with van der Waals surface area (Å²) in [5, 5.41) is 3.68. The van der Waals surface area contributed by atoms with Gasteiger partial charge in [0.15, 0.2) is 0 Å². The fourth-order valence-corrected chi connectivity index (χ4v) is 3.06. The summed E-state index contributed by atoms with van der Waals surface area (Å²) in [4.78, 5) is 0. The Morgan fingerprint density at radius 2 is 1.81 bits per heavy atom. The molecule has 2 rings (SSSR count). The van der Waals surface area contributed by atoms with Gasteiger partial charge in [-0.15, -0.1) is 0 Å². The van der Waals surface area contributed by atoms with Gasteiger partial charge >= 0.3 is 0 Å². The molecule has 0 bridgehead atoms. The van der Waals surface area contributed by atoms with Crippen molar-refractivity contribution in [1.82, 2.24) is 0 Å². The summed E-state index contributed by atoms with van der Waals surface area (Å²) in [5.41, 5.74) is 1.06. The van der Waals surface area contributed by atoms with Crippen LogP contribution in [0, 0.1) is 11.8 Å². The molecule has 0 heterocycles. The fourth-order valence-electron chi connectivity index (χ4n) is 3.06. The Hall–Kier alpha value is -1.38.